The highest BCUT2D eigenvalue weighted by Gasteiger charge is 2.10. The second-order valence-corrected chi connectivity index (χ2v) is 2.96. The molecule has 78 valence electrons. The fourth-order valence-electron chi connectivity index (χ4n) is 0.993. The lowest BCUT2D eigenvalue weighted by Gasteiger charge is -2.04. The Labute approximate surface area is 91.0 Å². The van der Waals surface area contributed by atoms with Gasteiger partial charge in [0, 0.05) is 12.1 Å². The van der Waals surface area contributed by atoms with Crippen LogP contribution in [0.2, 0.25) is 0 Å². The molecular weight excluding hydrogens is 220 g/mol. The van der Waals surface area contributed by atoms with Crippen molar-refractivity contribution < 1.29 is 9.66 Å². The first-order chi connectivity index (χ1) is 7.19. The Morgan fingerprint density at radius 1 is 1.60 bits per heavy atom. The van der Waals surface area contributed by atoms with Gasteiger partial charge >= 0.3 is 0 Å². The number of nitro benzene ring substituents is 1. The Kier molecular flexibility index (Phi) is 3.89. The maximum atomic E-state index is 10.4. The Morgan fingerprint density at radius 3 is 2.87 bits per heavy atom. The summed E-state index contributed by atoms with van der Waals surface area (Å²) in [6, 6.07) is 5.67. The van der Waals surface area contributed by atoms with E-state index in [-0.39, 0.29) is 17.9 Å². The van der Waals surface area contributed by atoms with Gasteiger partial charge in [0.05, 0.1) is 10.8 Å². The predicted molar refractivity (Wildman–Crippen MR) is 54.0 cm³/mol. The SMILES string of the molecule is N#Cc1cc([N+](=O)[O-])ccc1OCCCl. The van der Waals surface area contributed by atoms with Crippen molar-refractivity contribution in [3.8, 4) is 11.8 Å². The van der Waals surface area contributed by atoms with E-state index in [1.807, 2.05) is 6.07 Å². The zero-order valence-electron chi connectivity index (χ0n) is 7.64. The van der Waals surface area contributed by atoms with E-state index in [2.05, 4.69) is 0 Å². The molecule has 1 rings (SSSR count). The van der Waals surface area contributed by atoms with Crippen molar-refractivity contribution in [3.63, 3.8) is 0 Å². The van der Waals surface area contributed by atoms with Gasteiger partial charge in [-0.3, -0.25) is 10.1 Å². The number of benzene rings is 1. The molecule has 0 aliphatic carbocycles. The topological polar surface area (TPSA) is 76.2 Å². The van der Waals surface area contributed by atoms with Crippen LogP contribution in [-0.2, 0) is 0 Å². The lowest BCUT2D eigenvalue weighted by Crippen LogP contribution is -2.00. The maximum absolute atomic E-state index is 10.4. The number of nitro groups is 1. The summed E-state index contributed by atoms with van der Waals surface area (Å²) in [5.74, 6) is 0.603. The van der Waals surface area contributed by atoms with E-state index in [0.717, 1.165) is 0 Å². The molecule has 0 N–H and O–H groups in total. The molecule has 1 aromatic rings. The van der Waals surface area contributed by atoms with Gasteiger partial charge in [-0.05, 0) is 6.07 Å². The molecule has 0 saturated carbocycles. The van der Waals surface area contributed by atoms with Gasteiger partial charge in [-0.2, -0.15) is 5.26 Å². The van der Waals surface area contributed by atoms with Crippen molar-refractivity contribution in [2.75, 3.05) is 12.5 Å². The number of hydrogen-bond acceptors (Lipinski definition) is 4. The third-order valence-corrected chi connectivity index (χ3v) is 1.78. The molecule has 0 radical (unpaired) electrons. The second-order valence-electron chi connectivity index (χ2n) is 2.59. The van der Waals surface area contributed by atoms with E-state index in [1.165, 1.54) is 18.2 Å². The first-order valence-electron chi connectivity index (χ1n) is 4.06. The fraction of sp³-hybridized carbons (Fsp3) is 0.222. The van der Waals surface area contributed by atoms with Gasteiger partial charge in [0.25, 0.3) is 5.69 Å². The molecule has 0 aromatic heterocycles. The average molecular weight is 227 g/mol. The molecule has 0 saturated heterocycles. The highest BCUT2D eigenvalue weighted by Crippen LogP contribution is 2.23. The summed E-state index contributed by atoms with van der Waals surface area (Å²) in [6.45, 7) is 0.258. The van der Waals surface area contributed by atoms with Crippen molar-refractivity contribution in [1.29, 1.82) is 5.26 Å². The summed E-state index contributed by atoms with van der Waals surface area (Å²) in [5, 5.41) is 19.2. The Bertz CT molecular complexity index is 414. The molecule has 0 fully saturated rings. The van der Waals surface area contributed by atoms with E-state index in [0.29, 0.717) is 11.6 Å². The van der Waals surface area contributed by atoms with Crippen molar-refractivity contribution in [3.05, 3.63) is 33.9 Å². The van der Waals surface area contributed by atoms with Crippen molar-refractivity contribution in [2.24, 2.45) is 0 Å². The minimum absolute atomic E-state index is 0.134. The summed E-state index contributed by atoms with van der Waals surface area (Å²) >= 11 is 5.41. The lowest BCUT2D eigenvalue weighted by atomic mass is 10.2. The molecule has 1 aromatic carbocycles. The Balaban J connectivity index is 3.00. The maximum Gasteiger partial charge on any atom is 0.271 e. The molecule has 0 aliphatic rings. The zero-order chi connectivity index (χ0) is 11.3. The van der Waals surface area contributed by atoms with Crippen LogP contribution in [0.4, 0.5) is 5.69 Å². The molecule has 0 unspecified atom stereocenters. The van der Waals surface area contributed by atoms with Gasteiger partial charge in [0.15, 0.2) is 0 Å². The highest BCUT2D eigenvalue weighted by molar-refractivity contribution is 6.18. The quantitative estimate of drug-likeness (QED) is 0.447. The highest BCUT2D eigenvalue weighted by atomic mass is 35.5. The number of nitrogens with zero attached hydrogens (tertiary/aromatic N) is 2. The summed E-state index contributed by atoms with van der Waals surface area (Å²) in [5.41, 5.74) is -0.000842. The van der Waals surface area contributed by atoms with E-state index in [4.69, 9.17) is 21.6 Å². The number of halogens is 1. The summed E-state index contributed by atoms with van der Waals surface area (Å²) < 4.78 is 5.13. The number of ether oxygens (including phenoxy) is 1. The molecule has 15 heavy (non-hydrogen) atoms. The van der Waals surface area contributed by atoms with Crippen LogP contribution < -0.4 is 4.74 Å². The van der Waals surface area contributed by atoms with Crippen molar-refractivity contribution in [2.45, 2.75) is 0 Å². The first-order valence-corrected chi connectivity index (χ1v) is 4.59. The normalized spacial score (nSPS) is 9.33. The minimum Gasteiger partial charge on any atom is -0.491 e. The lowest BCUT2D eigenvalue weighted by molar-refractivity contribution is -0.384. The number of alkyl halides is 1. The van der Waals surface area contributed by atoms with Gasteiger partial charge in [0.2, 0.25) is 0 Å². The molecule has 0 atom stereocenters. The molecule has 0 spiro atoms. The smallest absolute Gasteiger partial charge is 0.271 e. The first kappa shape index (κ1) is 11.3. The van der Waals surface area contributed by atoms with Crippen LogP contribution >= 0.6 is 11.6 Å². The van der Waals surface area contributed by atoms with Crippen molar-refractivity contribution >= 4 is 17.3 Å². The molecular formula is C9H7ClN2O3. The number of hydrogen-bond donors (Lipinski definition) is 0. The van der Waals surface area contributed by atoms with Crippen LogP contribution in [-0.4, -0.2) is 17.4 Å². The van der Waals surface area contributed by atoms with E-state index in [1.54, 1.807) is 0 Å². The number of nitriles is 1. The van der Waals surface area contributed by atoms with Gasteiger partial charge in [-0.15, -0.1) is 11.6 Å². The number of non-ortho nitro benzene ring substituents is 1. The largest absolute Gasteiger partial charge is 0.491 e. The van der Waals surface area contributed by atoms with E-state index >= 15 is 0 Å². The van der Waals surface area contributed by atoms with Gasteiger partial charge < -0.3 is 4.74 Å². The van der Waals surface area contributed by atoms with Crippen LogP contribution in [0.5, 0.6) is 5.75 Å². The summed E-state index contributed by atoms with van der Waals surface area (Å²) in [7, 11) is 0. The van der Waals surface area contributed by atoms with Gasteiger partial charge in [-0.25, -0.2) is 0 Å². The van der Waals surface area contributed by atoms with Crippen LogP contribution in [0.1, 0.15) is 5.56 Å². The fourth-order valence-corrected chi connectivity index (χ4v) is 1.07. The molecule has 0 bridgehead atoms. The zero-order valence-corrected chi connectivity index (χ0v) is 8.40. The predicted octanol–water partition coefficient (Wildman–Crippen LogP) is 2.08. The van der Waals surface area contributed by atoms with Gasteiger partial charge in [-0.1, -0.05) is 0 Å². The molecule has 6 heteroatoms. The molecule has 0 heterocycles. The Morgan fingerprint density at radius 2 is 2.33 bits per heavy atom. The summed E-state index contributed by atoms with van der Waals surface area (Å²) in [6.07, 6.45) is 0. The van der Waals surface area contributed by atoms with Crippen LogP contribution in [0, 0.1) is 21.4 Å². The third-order valence-electron chi connectivity index (χ3n) is 1.63. The molecule has 0 amide bonds. The van der Waals surface area contributed by atoms with Crippen LogP contribution in [0.3, 0.4) is 0 Å². The molecule has 0 aliphatic heterocycles. The average Bonchev–Trinajstić information content (AvgIpc) is 2.25. The van der Waals surface area contributed by atoms with E-state index in [9.17, 15) is 10.1 Å². The van der Waals surface area contributed by atoms with Gasteiger partial charge in [0.1, 0.15) is 24.0 Å². The van der Waals surface area contributed by atoms with E-state index < -0.39 is 4.92 Å². The van der Waals surface area contributed by atoms with Crippen molar-refractivity contribution in [1.82, 2.24) is 0 Å². The Hall–Kier alpha value is -1.80. The van der Waals surface area contributed by atoms with Crippen LogP contribution in [0.15, 0.2) is 18.2 Å². The third kappa shape index (κ3) is 2.82. The molecule has 5 nitrogen and oxygen atoms in total. The monoisotopic (exact) mass is 226 g/mol. The van der Waals surface area contributed by atoms with Crippen LogP contribution in [0.25, 0.3) is 0 Å². The summed E-state index contributed by atoms with van der Waals surface area (Å²) in [4.78, 5) is 9.87. The minimum atomic E-state index is -0.563. The second kappa shape index (κ2) is 5.17. The standard InChI is InChI=1S/C9H7ClN2O3/c10-3-4-15-9-2-1-8(12(13)14)5-7(9)6-11/h1-2,5H,3-4H2. The number of rotatable bonds is 4.